The van der Waals surface area contributed by atoms with Gasteiger partial charge < -0.3 is 5.11 Å². The summed E-state index contributed by atoms with van der Waals surface area (Å²) in [5, 5.41) is 8.82. The Balaban J connectivity index is 1.92. The van der Waals surface area contributed by atoms with Gasteiger partial charge in [-0.05, 0) is 38.6 Å². The Bertz CT molecular complexity index is 136. The predicted octanol–water partition coefficient (Wildman–Crippen LogP) is 0.996. The van der Waals surface area contributed by atoms with Crippen LogP contribution in [0.4, 0.5) is 0 Å². The van der Waals surface area contributed by atoms with Gasteiger partial charge >= 0.3 is 0 Å². The Morgan fingerprint density at radius 3 is 3.00 bits per heavy atom. The summed E-state index contributed by atoms with van der Waals surface area (Å²) in [5.74, 6) is 0. The van der Waals surface area contributed by atoms with Crippen molar-refractivity contribution in [3.05, 3.63) is 0 Å². The van der Waals surface area contributed by atoms with Gasteiger partial charge in [0.1, 0.15) is 0 Å². The molecule has 64 valence electrons. The Hall–Kier alpha value is -0.0800. The van der Waals surface area contributed by atoms with Crippen molar-refractivity contribution in [2.75, 3.05) is 13.2 Å². The zero-order valence-corrected chi connectivity index (χ0v) is 7.00. The predicted molar refractivity (Wildman–Crippen MR) is 44.5 cm³/mol. The molecule has 2 rings (SSSR count). The second-order valence-electron chi connectivity index (χ2n) is 3.78. The first-order valence-corrected chi connectivity index (χ1v) is 4.78. The van der Waals surface area contributed by atoms with E-state index in [2.05, 4.69) is 4.90 Å². The van der Waals surface area contributed by atoms with E-state index in [4.69, 9.17) is 5.11 Å². The number of rotatable bonds is 2. The molecule has 2 aliphatic heterocycles. The van der Waals surface area contributed by atoms with E-state index in [1.807, 2.05) is 0 Å². The fourth-order valence-corrected chi connectivity index (χ4v) is 2.66. The minimum Gasteiger partial charge on any atom is -0.396 e. The highest BCUT2D eigenvalue weighted by Crippen LogP contribution is 2.33. The summed E-state index contributed by atoms with van der Waals surface area (Å²) >= 11 is 0. The maximum atomic E-state index is 8.82. The lowest BCUT2D eigenvalue weighted by Gasteiger charge is -2.22. The van der Waals surface area contributed by atoms with Gasteiger partial charge in [0.15, 0.2) is 0 Å². The normalized spacial score (nSPS) is 37.9. The summed E-state index contributed by atoms with van der Waals surface area (Å²) in [7, 11) is 0. The van der Waals surface area contributed by atoms with Crippen LogP contribution in [0, 0.1) is 0 Å². The number of aliphatic hydroxyl groups excluding tert-OH is 1. The van der Waals surface area contributed by atoms with Gasteiger partial charge in [-0.1, -0.05) is 0 Å². The molecule has 0 bridgehead atoms. The average Bonchev–Trinajstić information content (AvgIpc) is 2.53. The average molecular weight is 155 g/mol. The molecule has 0 aromatic rings. The van der Waals surface area contributed by atoms with Crippen molar-refractivity contribution >= 4 is 0 Å². The smallest absolute Gasteiger partial charge is 0.0445 e. The van der Waals surface area contributed by atoms with Crippen molar-refractivity contribution in [2.45, 2.75) is 44.2 Å². The van der Waals surface area contributed by atoms with E-state index < -0.39 is 0 Å². The maximum absolute atomic E-state index is 8.82. The molecule has 0 aromatic heterocycles. The number of nitrogens with zero attached hydrogens (tertiary/aromatic N) is 1. The Morgan fingerprint density at radius 1 is 1.27 bits per heavy atom. The third-order valence-electron chi connectivity index (χ3n) is 3.19. The zero-order chi connectivity index (χ0) is 7.68. The largest absolute Gasteiger partial charge is 0.396 e. The molecule has 2 heterocycles. The van der Waals surface area contributed by atoms with Crippen LogP contribution in [0.2, 0.25) is 0 Å². The lowest BCUT2D eigenvalue weighted by molar-refractivity contribution is 0.191. The number of aliphatic hydroxyl groups is 1. The standard InChI is InChI=1S/C9H17NO/c11-7-5-9-4-3-8-2-1-6-10(8)9/h8-9,11H,1-7H2/t8-,9+/m1/s1. The van der Waals surface area contributed by atoms with E-state index in [0.717, 1.165) is 12.5 Å². The summed E-state index contributed by atoms with van der Waals surface area (Å²) in [6, 6.07) is 1.60. The third-order valence-corrected chi connectivity index (χ3v) is 3.19. The highest BCUT2D eigenvalue weighted by Gasteiger charge is 2.35. The summed E-state index contributed by atoms with van der Waals surface area (Å²) in [4.78, 5) is 2.61. The van der Waals surface area contributed by atoms with Crippen LogP contribution in [0.3, 0.4) is 0 Å². The number of hydrogen-bond donors (Lipinski definition) is 1. The molecule has 0 aliphatic carbocycles. The van der Waals surface area contributed by atoms with Crippen LogP contribution in [0.1, 0.15) is 32.1 Å². The SMILES string of the molecule is OCC[C@@H]1CC[C@H]2CCCN12. The minimum atomic E-state index is 0.369. The maximum Gasteiger partial charge on any atom is 0.0445 e. The van der Waals surface area contributed by atoms with Gasteiger partial charge in [0.25, 0.3) is 0 Å². The highest BCUT2D eigenvalue weighted by molar-refractivity contribution is 4.91. The number of hydrogen-bond acceptors (Lipinski definition) is 2. The van der Waals surface area contributed by atoms with Gasteiger partial charge in [-0.15, -0.1) is 0 Å². The first-order chi connectivity index (χ1) is 5.42. The third kappa shape index (κ3) is 1.30. The molecule has 2 saturated heterocycles. The Kier molecular flexibility index (Phi) is 2.14. The van der Waals surface area contributed by atoms with Gasteiger partial charge in [-0.3, -0.25) is 4.90 Å². The molecule has 11 heavy (non-hydrogen) atoms. The monoisotopic (exact) mass is 155 g/mol. The summed E-state index contributed by atoms with van der Waals surface area (Å²) in [5.41, 5.74) is 0. The molecule has 0 aromatic carbocycles. The molecule has 0 amide bonds. The van der Waals surface area contributed by atoms with E-state index in [9.17, 15) is 0 Å². The fourth-order valence-electron chi connectivity index (χ4n) is 2.66. The van der Waals surface area contributed by atoms with Gasteiger partial charge in [0.05, 0.1) is 0 Å². The van der Waals surface area contributed by atoms with Crippen molar-refractivity contribution in [1.29, 1.82) is 0 Å². The molecule has 2 aliphatic rings. The molecule has 2 nitrogen and oxygen atoms in total. The summed E-state index contributed by atoms with van der Waals surface area (Å²) in [6.07, 6.45) is 6.49. The molecular weight excluding hydrogens is 138 g/mol. The van der Waals surface area contributed by atoms with Crippen molar-refractivity contribution < 1.29 is 5.11 Å². The fraction of sp³-hybridized carbons (Fsp3) is 1.00. The lowest BCUT2D eigenvalue weighted by Crippen LogP contribution is -2.31. The van der Waals surface area contributed by atoms with Gasteiger partial charge in [0, 0.05) is 18.7 Å². The van der Waals surface area contributed by atoms with Crippen LogP contribution >= 0.6 is 0 Å². The van der Waals surface area contributed by atoms with Crippen molar-refractivity contribution in [2.24, 2.45) is 0 Å². The lowest BCUT2D eigenvalue weighted by atomic mass is 10.1. The van der Waals surface area contributed by atoms with Crippen LogP contribution in [-0.2, 0) is 0 Å². The molecule has 2 heteroatoms. The summed E-state index contributed by atoms with van der Waals surface area (Å²) in [6.45, 7) is 1.66. The highest BCUT2D eigenvalue weighted by atomic mass is 16.3. The van der Waals surface area contributed by atoms with Gasteiger partial charge in [-0.2, -0.15) is 0 Å². The molecule has 0 saturated carbocycles. The van der Waals surface area contributed by atoms with E-state index in [1.165, 1.54) is 32.2 Å². The summed E-state index contributed by atoms with van der Waals surface area (Å²) < 4.78 is 0. The quantitative estimate of drug-likeness (QED) is 0.643. The van der Waals surface area contributed by atoms with E-state index in [-0.39, 0.29) is 0 Å². The molecule has 2 fully saturated rings. The molecule has 2 atom stereocenters. The van der Waals surface area contributed by atoms with E-state index in [1.54, 1.807) is 0 Å². The second kappa shape index (κ2) is 3.11. The molecule has 0 radical (unpaired) electrons. The molecule has 0 spiro atoms. The number of fused-ring (bicyclic) bond motifs is 1. The van der Waals surface area contributed by atoms with Crippen molar-refractivity contribution in [3.63, 3.8) is 0 Å². The Morgan fingerprint density at radius 2 is 2.18 bits per heavy atom. The topological polar surface area (TPSA) is 23.5 Å². The van der Waals surface area contributed by atoms with Crippen LogP contribution in [-0.4, -0.2) is 35.2 Å². The van der Waals surface area contributed by atoms with E-state index in [0.29, 0.717) is 12.6 Å². The van der Waals surface area contributed by atoms with Crippen molar-refractivity contribution in [1.82, 2.24) is 4.90 Å². The van der Waals surface area contributed by atoms with Crippen LogP contribution in [0.5, 0.6) is 0 Å². The molecule has 0 unspecified atom stereocenters. The van der Waals surface area contributed by atoms with Crippen LogP contribution in [0.25, 0.3) is 0 Å². The van der Waals surface area contributed by atoms with Crippen LogP contribution in [0.15, 0.2) is 0 Å². The van der Waals surface area contributed by atoms with Crippen LogP contribution < -0.4 is 0 Å². The molecular formula is C9H17NO. The van der Waals surface area contributed by atoms with Crippen molar-refractivity contribution in [3.8, 4) is 0 Å². The minimum absolute atomic E-state index is 0.369. The Labute approximate surface area is 68.2 Å². The first-order valence-electron chi connectivity index (χ1n) is 4.78. The molecule has 1 N–H and O–H groups in total. The first kappa shape index (κ1) is 7.56. The zero-order valence-electron chi connectivity index (χ0n) is 7.00. The second-order valence-corrected chi connectivity index (χ2v) is 3.78. The van der Waals surface area contributed by atoms with Gasteiger partial charge in [0.2, 0.25) is 0 Å². The van der Waals surface area contributed by atoms with Gasteiger partial charge in [-0.25, -0.2) is 0 Å². The van der Waals surface area contributed by atoms with E-state index >= 15 is 0 Å².